The molecule has 0 bridgehead atoms. The molecule has 1 N–H and O–H groups in total. The molecule has 2 aromatic carbocycles. The Morgan fingerprint density at radius 3 is 2.61 bits per heavy atom. The molecule has 0 aliphatic rings. The van der Waals surface area contributed by atoms with Gasteiger partial charge in [-0.15, -0.1) is 0 Å². The lowest BCUT2D eigenvalue weighted by molar-refractivity contribution is -0.137. The molecule has 172 valence electrons. The maximum absolute atomic E-state index is 14.4. The third-order valence-corrected chi connectivity index (χ3v) is 5.46. The Morgan fingerprint density at radius 2 is 1.94 bits per heavy atom. The molecular formula is C21H16F5N5OS. The summed E-state index contributed by atoms with van der Waals surface area (Å²) in [5, 5.41) is 11.3. The van der Waals surface area contributed by atoms with Gasteiger partial charge in [0.05, 0.1) is 18.9 Å². The van der Waals surface area contributed by atoms with Gasteiger partial charge in [-0.2, -0.15) is 22.8 Å². The van der Waals surface area contributed by atoms with Crippen LogP contribution in [0.5, 0.6) is 5.75 Å². The summed E-state index contributed by atoms with van der Waals surface area (Å²) in [5.74, 6) is -1.47. The first kappa shape index (κ1) is 24.1. The highest BCUT2D eigenvalue weighted by Gasteiger charge is 2.31. The predicted molar refractivity (Wildman–Crippen MR) is 114 cm³/mol. The standard InChI is InChI=1S/C21H16F5N5OS/c1-32-18-8-14(22)3-4-16(18)19-17(23)9-28-20(31-19)30-15-6-12(10-33(2)29-11-27)5-13(7-15)21(24,25)26/h3-9H,10H2,1-2H3,(H,28,30,31). The van der Waals surface area contributed by atoms with E-state index in [2.05, 4.69) is 19.6 Å². The van der Waals surface area contributed by atoms with E-state index >= 15 is 0 Å². The summed E-state index contributed by atoms with van der Waals surface area (Å²) in [4.78, 5) is 7.84. The molecule has 0 amide bonds. The lowest BCUT2D eigenvalue weighted by Gasteiger charge is -2.14. The molecule has 6 nitrogen and oxygen atoms in total. The van der Waals surface area contributed by atoms with Crippen LogP contribution in [-0.2, 0) is 22.6 Å². The number of methoxy groups -OCH3 is 1. The van der Waals surface area contributed by atoms with Crippen LogP contribution < -0.4 is 10.1 Å². The SMILES string of the molecule is COc1cc(F)ccc1-c1nc(Nc2cc(CS(C)=NC#N)cc(C(F)(F)F)c2)ncc1F. The Labute approximate surface area is 188 Å². The molecule has 1 heterocycles. The number of hydrogen-bond donors (Lipinski definition) is 1. The summed E-state index contributed by atoms with van der Waals surface area (Å²) < 4.78 is 76.8. The minimum atomic E-state index is -4.62. The largest absolute Gasteiger partial charge is 0.496 e. The molecule has 1 aromatic heterocycles. The smallest absolute Gasteiger partial charge is 0.416 e. The number of aromatic nitrogens is 2. The van der Waals surface area contributed by atoms with E-state index in [-0.39, 0.29) is 34.4 Å². The van der Waals surface area contributed by atoms with E-state index in [0.29, 0.717) is 5.56 Å². The van der Waals surface area contributed by atoms with Crippen molar-refractivity contribution in [1.82, 2.24) is 9.97 Å². The number of rotatable bonds is 6. The van der Waals surface area contributed by atoms with Crippen LogP contribution in [-0.4, -0.2) is 23.3 Å². The Hall–Kier alpha value is -3.59. The van der Waals surface area contributed by atoms with E-state index in [0.717, 1.165) is 30.5 Å². The molecule has 0 aliphatic carbocycles. The molecule has 3 rings (SSSR count). The highest BCUT2D eigenvalue weighted by atomic mass is 32.2. The number of benzene rings is 2. The summed E-state index contributed by atoms with van der Waals surface area (Å²) in [6, 6.07) is 6.70. The van der Waals surface area contributed by atoms with Gasteiger partial charge in [-0.3, -0.25) is 0 Å². The van der Waals surface area contributed by atoms with Gasteiger partial charge in [0.2, 0.25) is 12.1 Å². The molecular weight excluding hydrogens is 465 g/mol. The Morgan fingerprint density at radius 1 is 1.18 bits per heavy atom. The van der Waals surface area contributed by atoms with Gasteiger partial charge in [0.15, 0.2) is 5.82 Å². The number of nitriles is 1. The summed E-state index contributed by atoms with van der Waals surface area (Å²) >= 11 is 0. The van der Waals surface area contributed by atoms with E-state index in [4.69, 9.17) is 10.00 Å². The normalized spacial score (nSPS) is 12.3. The Bertz CT molecular complexity index is 1260. The molecule has 0 radical (unpaired) electrons. The first-order chi connectivity index (χ1) is 15.6. The zero-order valence-corrected chi connectivity index (χ0v) is 18.1. The first-order valence-corrected chi connectivity index (χ1v) is 10.9. The van der Waals surface area contributed by atoms with Crippen LogP contribution >= 0.6 is 0 Å². The van der Waals surface area contributed by atoms with Crippen molar-refractivity contribution in [3.63, 3.8) is 0 Å². The van der Waals surface area contributed by atoms with Gasteiger partial charge in [-0.05, 0) is 42.2 Å². The molecule has 33 heavy (non-hydrogen) atoms. The van der Waals surface area contributed by atoms with Crippen molar-refractivity contribution in [3.05, 3.63) is 65.4 Å². The molecule has 0 saturated heterocycles. The van der Waals surface area contributed by atoms with Crippen LogP contribution in [0, 0.1) is 23.1 Å². The minimum Gasteiger partial charge on any atom is -0.496 e. The number of nitrogens with one attached hydrogen (secondary N) is 1. The van der Waals surface area contributed by atoms with Crippen LogP contribution in [0.1, 0.15) is 11.1 Å². The molecule has 0 fully saturated rings. The maximum atomic E-state index is 14.4. The van der Waals surface area contributed by atoms with Gasteiger partial charge in [0.1, 0.15) is 17.3 Å². The van der Waals surface area contributed by atoms with Crippen LogP contribution in [0.4, 0.5) is 33.6 Å². The van der Waals surface area contributed by atoms with Crippen LogP contribution in [0.3, 0.4) is 0 Å². The van der Waals surface area contributed by atoms with Gasteiger partial charge in [0, 0.05) is 23.1 Å². The fourth-order valence-electron chi connectivity index (χ4n) is 2.96. The zero-order chi connectivity index (χ0) is 24.2. The van der Waals surface area contributed by atoms with Gasteiger partial charge >= 0.3 is 6.18 Å². The number of anilines is 2. The average molecular weight is 481 g/mol. The minimum absolute atomic E-state index is 0.0115. The zero-order valence-electron chi connectivity index (χ0n) is 17.2. The highest BCUT2D eigenvalue weighted by Crippen LogP contribution is 2.34. The monoisotopic (exact) mass is 481 g/mol. The lowest BCUT2D eigenvalue weighted by atomic mass is 10.1. The predicted octanol–water partition coefficient (Wildman–Crippen LogP) is 5.61. The van der Waals surface area contributed by atoms with Crippen molar-refractivity contribution >= 4 is 22.3 Å². The average Bonchev–Trinajstić information content (AvgIpc) is 2.74. The summed E-state index contributed by atoms with van der Waals surface area (Å²) in [7, 11) is 0.474. The van der Waals surface area contributed by atoms with Crippen molar-refractivity contribution < 1.29 is 26.7 Å². The van der Waals surface area contributed by atoms with Crippen molar-refractivity contribution in [3.8, 4) is 23.2 Å². The van der Waals surface area contributed by atoms with Crippen LogP contribution in [0.15, 0.2) is 47.0 Å². The van der Waals surface area contributed by atoms with Gasteiger partial charge in [0.25, 0.3) is 0 Å². The summed E-state index contributed by atoms with van der Waals surface area (Å²) in [6.45, 7) is 0. The topological polar surface area (TPSA) is 83.2 Å². The molecule has 3 aromatic rings. The van der Waals surface area contributed by atoms with Crippen LogP contribution in [0.2, 0.25) is 0 Å². The van der Waals surface area contributed by atoms with Gasteiger partial charge in [-0.1, -0.05) is 10.7 Å². The molecule has 1 atom stereocenters. The highest BCUT2D eigenvalue weighted by molar-refractivity contribution is 7.85. The van der Waals surface area contributed by atoms with Crippen molar-refractivity contribution in [2.45, 2.75) is 11.9 Å². The van der Waals surface area contributed by atoms with E-state index in [1.807, 2.05) is 0 Å². The van der Waals surface area contributed by atoms with E-state index < -0.39 is 34.1 Å². The summed E-state index contributed by atoms with van der Waals surface area (Å²) in [6.07, 6.45) is -0.515. The van der Waals surface area contributed by atoms with Gasteiger partial charge < -0.3 is 10.1 Å². The van der Waals surface area contributed by atoms with E-state index in [9.17, 15) is 22.0 Å². The fraction of sp³-hybridized carbons (Fsp3) is 0.190. The number of ether oxygens (including phenoxy) is 1. The van der Waals surface area contributed by atoms with Crippen LogP contribution in [0.25, 0.3) is 11.3 Å². The maximum Gasteiger partial charge on any atom is 0.416 e. The molecule has 1 unspecified atom stereocenters. The molecule has 12 heteroatoms. The second-order valence-electron chi connectivity index (χ2n) is 6.71. The molecule has 0 spiro atoms. The van der Waals surface area contributed by atoms with Crippen molar-refractivity contribution in [2.75, 3.05) is 18.7 Å². The second-order valence-corrected chi connectivity index (χ2v) is 8.38. The third kappa shape index (κ3) is 6.01. The molecule has 0 aliphatic heterocycles. The third-order valence-electron chi connectivity index (χ3n) is 4.31. The fourth-order valence-corrected chi connectivity index (χ4v) is 3.81. The van der Waals surface area contributed by atoms with E-state index in [1.165, 1.54) is 19.2 Å². The number of nitrogens with zero attached hydrogens (tertiary/aromatic N) is 4. The van der Waals surface area contributed by atoms with Crippen molar-refractivity contribution in [1.29, 1.82) is 5.26 Å². The quantitative estimate of drug-likeness (QED) is 0.366. The Balaban J connectivity index is 2.02. The van der Waals surface area contributed by atoms with E-state index in [1.54, 1.807) is 12.4 Å². The number of halogens is 5. The van der Waals surface area contributed by atoms with Crippen molar-refractivity contribution in [2.24, 2.45) is 4.36 Å². The first-order valence-electron chi connectivity index (χ1n) is 9.18. The second kappa shape index (κ2) is 9.91. The lowest BCUT2D eigenvalue weighted by Crippen LogP contribution is -2.08. The summed E-state index contributed by atoms with van der Waals surface area (Å²) in [5.41, 5.74) is -0.699. The molecule has 0 saturated carbocycles. The number of hydrogen-bond acceptors (Lipinski definition) is 6. The number of alkyl halides is 3. The Kier molecular flexibility index (Phi) is 7.23. The van der Waals surface area contributed by atoms with Gasteiger partial charge in [-0.25, -0.2) is 18.7 Å².